The topological polar surface area (TPSA) is 73.9 Å². The molecule has 0 aromatic heterocycles. The molecule has 0 saturated carbocycles. The molecule has 1 unspecified atom stereocenters. The number of hydrogen-bond acceptors (Lipinski definition) is 6. The van der Waals surface area contributed by atoms with Gasteiger partial charge in [-0.05, 0) is 91.1 Å². The molecule has 2 N–H and O–H groups in total. The molecule has 7 nitrogen and oxygen atoms in total. The molecule has 40 heavy (non-hydrogen) atoms. The van der Waals surface area contributed by atoms with Crippen LogP contribution < -0.4 is 16.0 Å². The van der Waals surface area contributed by atoms with Crippen LogP contribution in [0.2, 0.25) is 0 Å². The van der Waals surface area contributed by atoms with Gasteiger partial charge in [0, 0.05) is 31.1 Å². The van der Waals surface area contributed by atoms with Crippen molar-refractivity contribution in [2.24, 2.45) is 0 Å². The summed E-state index contributed by atoms with van der Waals surface area (Å²) in [6, 6.07) is 19.0. The molecule has 6 aliphatic rings. The second-order valence-corrected chi connectivity index (χ2v) is 11.1. The molecule has 0 fully saturated rings. The van der Waals surface area contributed by atoms with Crippen molar-refractivity contribution in [2.45, 2.75) is 64.8 Å². The summed E-state index contributed by atoms with van der Waals surface area (Å²) in [5, 5.41) is 2.18. The van der Waals surface area contributed by atoms with Crippen molar-refractivity contribution < 1.29 is 14.3 Å². The Bertz CT molecular complexity index is 1420. The van der Waals surface area contributed by atoms with Gasteiger partial charge in [-0.25, -0.2) is 0 Å². The van der Waals surface area contributed by atoms with E-state index in [4.69, 9.17) is 4.74 Å². The van der Waals surface area contributed by atoms with Crippen molar-refractivity contribution in [2.75, 3.05) is 30.1 Å². The Morgan fingerprint density at radius 1 is 0.975 bits per heavy atom. The van der Waals surface area contributed by atoms with E-state index in [2.05, 4.69) is 65.4 Å². The van der Waals surface area contributed by atoms with Gasteiger partial charge in [-0.2, -0.15) is 0 Å². The Morgan fingerprint density at radius 3 is 2.65 bits per heavy atom. The summed E-state index contributed by atoms with van der Waals surface area (Å²) in [7, 11) is 0. The van der Waals surface area contributed by atoms with Gasteiger partial charge in [0.05, 0.1) is 24.4 Å². The number of amides is 1. The van der Waals surface area contributed by atoms with Gasteiger partial charge in [0.15, 0.2) is 0 Å². The van der Waals surface area contributed by atoms with Crippen LogP contribution in [0.3, 0.4) is 0 Å². The molecule has 208 valence electrons. The van der Waals surface area contributed by atoms with Crippen LogP contribution in [0.15, 0.2) is 54.6 Å². The van der Waals surface area contributed by atoms with Crippen molar-refractivity contribution in [1.82, 2.24) is 10.4 Å². The molecule has 1 atom stereocenters. The number of nitrogens with one attached hydrogen (secondary N) is 2. The van der Waals surface area contributed by atoms with Crippen molar-refractivity contribution >= 4 is 23.3 Å². The number of hydrogen-bond donors (Lipinski definition) is 2. The first-order chi connectivity index (χ1) is 19.5. The van der Waals surface area contributed by atoms with E-state index in [1.165, 1.54) is 11.1 Å². The van der Waals surface area contributed by atoms with E-state index in [1.807, 2.05) is 24.0 Å². The highest BCUT2D eigenvalue weighted by molar-refractivity contribution is 5.94. The molecule has 0 aliphatic carbocycles. The SMILES string of the molecule is CCOC(=O)CC1c2ccc3c(c2)CN(CC3)C(=O)c2ccc(cc2)CCCCCN2NNc3c2ccc1c3C. The van der Waals surface area contributed by atoms with Crippen molar-refractivity contribution in [3.05, 3.63) is 93.5 Å². The molecule has 0 saturated heterocycles. The Balaban J connectivity index is 1.40. The van der Waals surface area contributed by atoms with Crippen LogP contribution in [0.1, 0.15) is 82.3 Å². The number of esters is 1. The molecule has 0 radical (unpaired) electrons. The van der Waals surface area contributed by atoms with E-state index in [1.54, 1.807) is 0 Å². The van der Waals surface area contributed by atoms with Gasteiger partial charge in [0.25, 0.3) is 5.91 Å². The van der Waals surface area contributed by atoms with Crippen LogP contribution in [0.4, 0.5) is 11.4 Å². The number of benzene rings is 3. The van der Waals surface area contributed by atoms with Crippen LogP contribution in [0.25, 0.3) is 0 Å². The Hall–Kier alpha value is -3.84. The number of aryl methyl sites for hydroxylation is 1. The lowest BCUT2D eigenvalue weighted by atomic mass is 9.83. The summed E-state index contributed by atoms with van der Waals surface area (Å²) in [5.74, 6) is -0.282. The van der Waals surface area contributed by atoms with Gasteiger partial charge in [0.2, 0.25) is 0 Å². The molecule has 0 spiro atoms. The summed E-state index contributed by atoms with van der Waals surface area (Å²) < 4.78 is 5.41. The average Bonchev–Trinajstić information content (AvgIpc) is 3.39. The number of ether oxygens (including phenoxy) is 1. The number of carbonyl (C=O) groups excluding carboxylic acids is 2. The molecule has 9 rings (SSSR count). The minimum absolute atomic E-state index is 0.0773. The lowest BCUT2D eigenvalue weighted by Crippen LogP contribution is -2.36. The summed E-state index contributed by atoms with van der Waals surface area (Å²) in [6.45, 7) is 6.51. The first-order valence-corrected chi connectivity index (χ1v) is 14.6. The fraction of sp³-hybridized carbons (Fsp3) is 0.394. The molecular weight excluding hydrogens is 500 g/mol. The first kappa shape index (κ1) is 26.4. The first-order valence-electron chi connectivity index (χ1n) is 14.6. The molecule has 1 amide bonds. The second kappa shape index (κ2) is 11.3. The normalized spacial score (nSPS) is 18.6. The third-order valence-corrected chi connectivity index (χ3v) is 8.62. The monoisotopic (exact) mass is 538 g/mol. The summed E-state index contributed by atoms with van der Waals surface area (Å²) in [5.41, 5.74) is 16.7. The van der Waals surface area contributed by atoms with E-state index >= 15 is 0 Å². The van der Waals surface area contributed by atoms with E-state index in [-0.39, 0.29) is 24.2 Å². The Labute approximate surface area is 236 Å². The highest BCUT2D eigenvalue weighted by atomic mass is 16.5. The van der Waals surface area contributed by atoms with Crippen LogP contribution in [0.5, 0.6) is 0 Å². The minimum Gasteiger partial charge on any atom is -0.466 e. The van der Waals surface area contributed by atoms with Crippen LogP contribution in [-0.2, 0) is 28.9 Å². The lowest BCUT2D eigenvalue weighted by molar-refractivity contribution is -0.143. The van der Waals surface area contributed by atoms with Crippen molar-refractivity contribution in [1.29, 1.82) is 0 Å². The summed E-state index contributed by atoms with van der Waals surface area (Å²) >= 11 is 0. The van der Waals surface area contributed by atoms with Gasteiger partial charge in [0.1, 0.15) is 0 Å². The summed E-state index contributed by atoms with van der Waals surface area (Å²) in [6.07, 6.45) is 5.41. The molecule has 3 aromatic rings. The smallest absolute Gasteiger partial charge is 0.306 e. The highest BCUT2D eigenvalue weighted by Crippen LogP contribution is 2.40. The van der Waals surface area contributed by atoms with Gasteiger partial charge in [-0.3, -0.25) is 14.6 Å². The number of anilines is 2. The van der Waals surface area contributed by atoms with Crippen molar-refractivity contribution in [3.8, 4) is 0 Å². The second-order valence-electron chi connectivity index (χ2n) is 11.1. The minimum atomic E-state index is -0.205. The van der Waals surface area contributed by atoms with E-state index < -0.39 is 0 Å². The fourth-order valence-corrected chi connectivity index (χ4v) is 6.37. The highest BCUT2D eigenvalue weighted by Gasteiger charge is 2.28. The fourth-order valence-electron chi connectivity index (χ4n) is 6.37. The third-order valence-electron chi connectivity index (χ3n) is 8.62. The maximum Gasteiger partial charge on any atom is 0.306 e. The standard InChI is InChI=1S/C33H38N4O3/c1-3-40-31(38)20-29-26-13-12-24-16-18-36(21-27(24)19-26)33(39)25-10-8-23(9-11-25)7-5-4-6-17-37-30-15-14-28(29)22(2)32(30)34-35-37/h8-15,19,29,34-35H,3-7,16-18,20-21H2,1-2H3. The van der Waals surface area contributed by atoms with Gasteiger partial charge in [-0.15, -0.1) is 5.53 Å². The maximum atomic E-state index is 13.5. The van der Waals surface area contributed by atoms with E-state index in [9.17, 15) is 9.59 Å². The molecule has 7 heteroatoms. The number of hydrazine groups is 2. The zero-order valence-corrected chi connectivity index (χ0v) is 23.5. The molecule has 6 heterocycles. The number of nitrogens with zero attached hydrogens (tertiary/aromatic N) is 2. The van der Waals surface area contributed by atoms with E-state index in [0.717, 1.165) is 77.8 Å². The number of carbonyl (C=O) groups is 2. The Kier molecular flexibility index (Phi) is 7.48. The molecule has 9 bridgehead atoms. The predicted molar refractivity (Wildman–Crippen MR) is 157 cm³/mol. The predicted octanol–water partition coefficient (Wildman–Crippen LogP) is 5.66. The lowest BCUT2D eigenvalue weighted by Gasteiger charge is -2.30. The number of rotatable bonds is 3. The summed E-state index contributed by atoms with van der Waals surface area (Å²) in [4.78, 5) is 28.2. The third kappa shape index (κ3) is 5.18. The molecule has 3 aromatic carbocycles. The maximum absolute atomic E-state index is 13.5. The van der Waals surface area contributed by atoms with E-state index in [0.29, 0.717) is 19.7 Å². The van der Waals surface area contributed by atoms with Crippen molar-refractivity contribution in [3.63, 3.8) is 0 Å². The van der Waals surface area contributed by atoms with Gasteiger partial charge >= 0.3 is 5.97 Å². The zero-order chi connectivity index (χ0) is 27.6. The van der Waals surface area contributed by atoms with Gasteiger partial charge in [-0.1, -0.05) is 42.8 Å². The largest absolute Gasteiger partial charge is 0.466 e. The van der Waals surface area contributed by atoms with Crippen LogP contribution in [0, 0.1) is 6.92 Å². The quantitative estimate of drug-likeness (QED) is 0.420. The molecular formula is C33H38N4O3. The van der Waals surface area contributed by atoms with Gasteiger partial charge < -0.3 is 15.1 Å². The average molecular weight is 539 g/mol. The zero-order valence-electron chi connectivity index (χ0n) is 23.5. The Morgan fingerprint density at radius 2 is 1.82 bits per heavy atom. The molecule has 6 aliphatic heterocycles. The van der Waals surface area contributed by atoms with Crippen LogP contribution in [-0.4, -0.2) is 36.5 Å². The van der Waals surface area contributed by atoms with Crippen LogP contribution >= 0.6 is 0 Å².